The molecule has 3 aromatic carbocycles. The molecule has 202 valence electrons. The van der Waals surface area contributed by atoms with Crippen molar-refractivity contribution < 1.29 is 18.0 Å². The van der Waals surface area contributed by atoms with E-state index in [4.69, 9.17) is 11.6 Å². The van der Waals surface area contributed by atoms with Gasteiger partial charge in [0.05, 0.1) is 10.6 Å². The number of halogens is 1. The summed E-state index contributed by atoms with van der Waals surface area (Å²) in [4.78, 5) is 28.1. The Kier molecular flexibility index (Phi) is 9.57. The molecule has 0 spiro atoms. The standard InChI is InChI=1S/C29H34ClN3O4S/c1-6-31-29(35)23(5)32(18-24-9-7-8-21(3)16-24)28(34)19-33(25-13-12-22(4)27(30)17-25)38(36,37)26-14-10-20(2)11-15-26/h7-17,23H,6,18-19H2,1-5H3,(H,31,35)/t23-/m0/s1. The summed E-state index contributed by atoms with van der Waals surface area (Å²) in [6, 6.07) is 18.1. The molecule has 0 aliphatic rings. The van der Waals surface area contributed by atoms with E-state index in [1.807, 2.05) is 45.0 Å². The van der Waals surface area contributed by atoms with Gasteiger partial charge in [0.1, 0.15) is 12.6 Å². The molecule has 1 N–H and O–H groups in total. The van der Waals surface area contributed by atoms with Crippen molar-refractivity contribution in [3.63, 3.8) is 0 Å². The SMILES string of the molecule is CCNC(=O)[C@H](C)N(Cc1cccc(C)c1)C(=O)CN(c1ccc(C)c(Cl)c1)S(=O)(=O)c1ccc(C)cc1. The average molecular weight is 556 g/mol. The predicted molar refractivity (Wildman–Crippen MR) is 152 cm³/mol. The van der Waals surface area contributed by atoms with Gasteiger partial charge < -0.3 is 10.2 Å². The van der Waals surface area contributed by atoms with Crippen LogP contribution in [-0.2, 0) is 26.2 Å². The fraction of sp³-hybridized carbons (Fsp3) is 0.310. The molecular weight excluding hydrogens is 522 g/mol. The van der Waals surface area contributed by atoms with Gasteiger partial charge in [-0.05, 0) is 70.0 Å². The second-order valence-electron chi connectivity index (χ2n) is 9.34. The van der Waals surface area contributed by atoms with E-state index in [0.717, 1.165) is 26.6 Å². The van der Waals surface area contributed by atoms with Gasteiger partial charge in [-0.25, -0.2) is 8.42 Å². The molecule has 7 nitrogen and oxygen atoms in total. The van der Waals surface area contributed by atoms with Crippen LogP contribution in [0.4, 0.5) is 5.69 Å². The van der Waals surface area contributed by atoms with Crippen molar-refractivity contribution in [3.8, 4) is 0 Å². The highest BCUT2D eigenvalue weighted by Crippen LogP contribution is 2.28. The van der Waals surface area contributed by atoms with E-state index in [9.17, 15) is 18.0 Å². The molecule has 38 heavy (non-hydrogen) atoms. The van der Waals surface area contributed by atoms with Crippen molar-refractivity contribution >= 4 is 39.1 Å². The van der Waals surface area contributed by atoms with Crippen molar-refractivity contribution in [2.75, 3.05) is 17.4 Å². The van der Waals surface area contributed by atoms with Crippen LogP contribution in [0.1, 0.15) is 36.1 Å². The summed E-state index contributed by atoms with van der Waals surface area (Å²) in [6.07, 6.45) is 0. The monoisotopic (exact) mass is 555 g/mol. The molecule has 0 aromatic heterocycles. The van der Waals surface area contributed by atoms with E-state index in [0.29, 0.717) is 11.6 Å². The summed E-state index contributed by atoms with van der Waals surface area (Å²) in [5, 5.41) is 3.14. The molecule has 0 aliphatic carbocycles. The van der Waals surface area contributed by atoms with Crippen LogP contribution in [0.5, 0.6) is 0 Å². The molecule has 0 saturated carbocycles. The first-order chi connectivity index (χ1) is 17.9. The van der Waals surface area contributed by atoms with Gasteiger partial charge in [-0.1, -0.05) is 65.2 Å². The number of rotatable bonds is 10. The molecule has 3 rings (SSSR count). The zero-order chi connectivity index (χ0) is 28.0. The number of anilines is 1. The number of hydrogen-bond acceptors (Lipinski definition) is 4. The largest absolute Gasteiger partial charge is 0.355 e. The smallest absolute Gasteiger partial charge is 0.264 e. The quantitative estimate of drug-likeness (QED) is 0.381. The van der Waals surface area contributed by atoms with Gasteiger partial charge in [0.15, 0.2) is 0 Å². The first-order valence-electron chi connectivity index (χ1n) is 12.4. The predicted octanol–water partition coefficient (Wildman–Crippen LogP) is 5.01. The summed E-state index contributed by atoms with van der Waals surface area (Å²) >= 11 is 6.35. The van der Waals surface area contributed by atoms with Crippen molar-refractivity contribution in [1.82, 2.24) is 10.2 Å². The number of aryl methyl sites for hydroxylation is 3. The summed E-state index contributed by atoms with van der Waals surface area (Å²) in [7, 11) is -4.14. The van der Waals surface area contributed by atoms with Crippen LogP contribution in [0.25, 0.3) is 0 Å². The van der Waals surface area contributed by atoms with Gasteiger partial charge in [0.25, 0.3) is 10.0 Å². The van der Waals surface area contributed by atoms with E-state index in [1.54, 1.807) is 38.1 Å². The van der Waals surface area contributed by atoms with Crippen LogP contribution in [0.3, 0.4) is 0 Å². The van der Waals surface area contributed by atoms with Crippen LogP contribution >= 0.6 is 11.6 Å². The second-order valence-corrected chi connectivity index (χ2v) is 11.6. The van der Waals surface area contributed by atoms with Crippen molar-refractivity contribution in [2.45, 2.75) is 52.1 Å². The number of nitrogens with one attached hydrogen (secondary N) is 1. The maximum atomic E-state index is 13.9. The molecule has 3 aromatic rings. The summed E-state index contributed by atoms with van der Waals surface area (Å²) < 4.78 is 28.7. The van der Waals surface area contributed by atoms with E-state index < -0.39 is 28.5 Å². The summed E-state index contributed by atoms with van der Waals surface area (Å²) in [6.45, 7) is 9.11. The zero-order valence-corrected chi connectivity index (χ0v) is 23.9. The van der Waals surface area contributed by atoms with Gasteiger partial charge in [-0.2, -0.15) is 0 Å². The van der Waals surface area contributed by atoms with Crippen molar-refractivity contribution in [3.05, 3.63) is 94.0 Å². The summed E-state index contributed by atoms with van der Waals surface area (Å²) in [5.74, 6) is -0.836. The molecule has 0 saturated heterocycles. The van der Waals surface area contributed by atoms with Crippen LogP contribution in [0.2, 0.25) is 5.02 Å². The first kappa shape index (κ1) is 29.2. The number of carbonyl (C=O) groups is 2. The Bertz CT molecular complexity index is 1410. The van der Waals surface area contributed by atoms with E-state index in [1.165, 1.54) is 23.1 Å². The van der Waals surface area contributed by atoms with Gasteiger partial charge in [-0.3, -0.25) is 13.9 Å². The molecule has 0 heterocycles. The Morgan fingerprint density at radius 3 is 2.24 bits per heavy atom. The fourth-order valence-corrected chi connectivity index (χ4v) is 5.60. The maximum absolute atomic E-state index is 13.9. The highest BCUT2D eigenvalue weighted by Gasteiger charge is 2.32. The van der Waals surface area contributed by atoms with E-state index in [-0.39, 0.29) is 23.0 Å². The molecule has 0 radical (unpaired) electrons. The van der Waals surface area contributed by atoms with E-state index in [2.05, 4.69) is 5.32 Å². The second kappa shape index (κ2) is 12.5. The topological polar surface area (TPSA) is 86.8 Å². The number of nitrogens with zero attached hydrogens (tertiary/aromatic N) is 2. The van der Waals surface area contributed by atoms with Crippen LogP contribution in [-0.4, -0.2) is 44.3 Å². The Balaban J connectivity index is 2.06. The number of amides is 2. The normalized spacial score (nSPS) is 12.1. The fourth-order valence-electron chi connectivity index (χ4n) is 4.01. The minimum Gasteiger partial charge on any atom is -0.355 e. The minimum absolute atomic E-state index is 0.0506. The number of benzene rings is 3. The molecule has 2 amide bonds. The van der Waals surface area contributed by atoms with Gasteiger partial charge >= 0.3 is 0 Å². The highest BCUT2D eigenvalue weighted by atomic mass is 35.5. The number of likely N-dealkylation sites (N-methyl/N-ethyl adjacent to an activating group) is 1. The Morgan fingerprint density at radius 1 is 0.947 bits per heavy atom. The van der Waals surface area contributed by atoms with Gasteiger partial charge in [0, 0.05) is 18.1 Å². The minimum atomic E-state index is -4.14. The number of hydrogen-bond donors (Lipinski definition) is 1. The third-order valence-corrected chi connectivity index (χ3v) is 8.48. The number of carbonyl (C=O) groups excluding carboxylic acids is 2. The molecule has 1 atom stereocenters. The van der Waals surface area contributed by atoms with Gasteiger partial charge in [0.2, 0.25) is 11.8 Å². The van der Waals surface area contributed by atoms with E-state index >= 15 is 0 Å². The van der Waals surface area contributed by atoms with Crippen LogP contribution in [0.15, 0.2) is 71.6 Å². The van der Waals surface area contributed by atoms with Crippen LogP contribution in [0, 0.1) is 20.8 Å². The van der Waals surface area contributed by atoms with Crippen molar-refractivity contribution in [1.29, 1.82) is 0 Å². The lowest BCUT2D eigenvalue weighted by molar-refractivity contribution is -0.139. The maximum Gasteiger partial charge on any atom is 0.264 e. The average Bonchev–Trinajstić information content (AvgIpc) is 2.87. The lowest BCUT2D eigenvalue weighted by atomic mass is 10.1. The van der Waals surface area contributed by atoms with Crippen molar-refractivity contribution in [2.24, 2.45) is 0 Å². The zero-order valence-electron chi connectivity index (χ0n) is 22.4. The molecule has 0 unspecified atom stereocenters. The molecule has 0 bridgehead atoms. The molecular formula is C29H34ClN3O4S. The lowest BCUT2D eigenvalue weighted by Gasteiger charge is -2.32. The molecule has 9 heteroatoms. The van der Waals surface area contributed by atoms with Gasteiger partial charge in [-0.15, -0.1) is 0 Å². The van der Waals surface area contributed by atoms with Crippen LogP contribution < -0.4 is 9.62 Å². The molecule has 0 fully saturated rings. The first-order valence-corrected chi connectivity index (χ1v) is 14.2. The molecule has 0 aliphatic heterocycles. The Labute approximate surface area is 230 Å². The summed E-state index contributed by atoms with van der Waals surface area (Å²) in [5.41, 5.74) is 3.79. The Morgan fingerprint density at radius 2 is 1.63 bits per heavy atom. The Hall–Kier alpha value is -3.36. The number of sulfonamides is 1. The third-order valence-electron chi connectivity index (χ3n) is 6.28. The highest BCUT2D eigenvalue weighted by molar-refractivity contribution is 7.92. The lowest BCUT2D eigenvalue weighted by Crippen LogP contribution is -2.51. The third kappa shape index (κ3) is 6.94.